The topological polar surface area (TPSA) is 114 Å². The van der Waals surface area contributed by atoms with E-state index in [1.54, 1.807) is 0 Å². The van der Waals surface area contributed by atoms with Gasteiger partial charge in [0.2, 0.25) is 0 Å². The maximum Gasteiger partial charge on any atom is 0.311 e. The summed E-state index contributed by atoms with van der Waals surface area (Å²) in [5.41, 5.74) is 3.65. The molecule has 2 rings (SSSR count). The molecular weight excluding hydrogens is 398 g/mol. The summed E-state index contributed by atoms with van der Waals surface area (Å²) in [6.07, 6.45) is 2.28. The molecule has 8 nitrogen and oxygen atoms in total. The molecule has 0 aromatic heterocycles. The van der Waals surface area contributed by atoms with Crippen LogP contribution >= 0.6 is 0 Å². The maximum absolute atomic E-state index is 11.9. The minimum absolute atomic E-state index is 0.0200. The van der Waals surface area contributed by atoms with Crippen molar-refractivity contribution >= 4 is 17.8 Å². The zero-order valence-electron chi connectivity index (χ0n) is 18.5. The molecule has 8 heteroatoms. The summed E-state index contributed by atoms with van der Waals surface area (Å²) in [7, 11) is 0. The monoisotopic (exact) mass is 427 g/mol. The largest absolute Gasteiger partial charge is 0.502 e. The van der Waals surface area contributed by atoms with Gasteiger partial charge in [-0.3, -0.25) is 14.9 Å². The van der Waals surface area contributed by atoms with E-state index in [2.05, 4.69) is 45.1 Å². The van der Waals surface area contributed by atoms with E-state index >= 15 is 0 Å². The fourth-order valence-electron chi connectivity index (χ4n) is 3.56. The molecule has 0 saturated heterocycles. The van der Waals surface area contributed by atoms with Crippen LogP contribution in [0.5, 0.6) is 11.5 Å². The molecule has 0 spiro atoms. The number of nitro benzene ring substituents is 1. The zero-order chi connectivity index (χ0) is 23.2. The quantitative estimate of drug-likeness (QED) is 0.365. The molecule has 0 heterocycles. The number of hydrazone groups is 1. The first-order valence-corrected chi connectivity index (χ1v) is 9.90. The molecular formula is C23H29N3O5. The number of nitrogens with one attached hydrogen (secondary N) is 1. The van der Waals surface area contributed by atoms with Crippen molar-refractivity contribution in [3.8, 4) is 11.5 Å². The Hall–Kier alpha value is -3.42. The molecule has 2 N–H and O–H groups in total. The van der Waals surface area contributed by atoms with E-state index in [4.69, 9.17) is 4.74 Å². The highest BCUT2D eigenvalue weighted by Gasteiger charge is 2.27. The minimum Gasteiger partial charge on any atom is -0.502 e. The lowest BCUT2D eigenvalue weighted by Gasteiger charge is -2.33. The highest BCUT2D eigenvalue weighted by molar-refractivity contribution is 5.84. The number of amides is 1. The Balaban J connectivity index is 1.88. The van der Waals surface area contributed by atoms with Crippen LogP contribution in [0.4, 0.5) is 5.69 Å². The van der Waals surface area contributed by atoms with Gasteiger partial charge in [-0.15, -0.1) is 0 Å². The number of carbonyl (C=O) groups excluding carboxylic acids is 1. The molecule has 0 aliphatic rings. The molecule has 0 unspecified atom stereocenters. The second-order valence-corrected chi connectivity index (χ2v) is 9.23. The first-order valence-electron chi connectivity index (χ1n) is 9.90. The van der Waals surface area contributed by atoms with Crippen LogP contribution in [0, 0.1) is 15.5 Å². The number of ether oxygens (including phenoxy) is 1. The summed E-state index contributed by atoms with van der Waals surface area (Å²) >= 11 is 0. The molecule has 31 heavy (non-hydrogen) atoms. The Bertz CT molecular complexity index is 960. The number of phenols is 1. The van der Waals surface area contributed by atoms with E-state index in [0.717, 1.165) is 12.5 Å². The van der Waals surface area contributed by atoms with Crippen LogP contribution in [0.15, 0.2) is 47.6 Å². The Morgan fingerprint density at radius 2 is 1.81 bits per heavy atom. The SMILES string of the molecule is CC(C)(C)CC(C)(C)c1ccc(OCC(=O)N/N=C\c2ccc(O)c([N+](=O)[O-])c2)cc1. The van der Waals surface area contributed by atoms with Gasteiger partial charge in [0.1, 0.15) is 5.75 Å². The summed E-state index contributed by atoms with van der Waals surface area (Å²) < 4.78 is 5.50. The Morgan fingerprint density at radius 1 is 1.16 bits per heavy atom. The first-order chi connectivity index (χ1) is 14.4. The van der Waals surface area contributed by atoms with Crippen molar-refractivity contribution in [3.05, 3.63) is 63.7 Å². The van der Waals surface area contributed by atoms with Gasteiger partial charge in [0, 0.05) is 11.6 Å². The summed E-state index contributed by atoms with van der Waals surface area (Å²) in [5.74, 6) is -0.335. The predicted molar refractivity (Wildman–Crippen MR) is 120 cm³/mol. The molecule has 2 aromatic carbocycles. The summed E-state index contributed by atoms with van der Waals surface area (Å²) in [4.78, 5) is 22.0. The van der Waals surface area contributed by atoms with Gasteiger partial charge in [0.25, 0.3) is 5.91 Å². The normalized spacial score (nSPS) is 12.0. The summed E-state index contributed by atoms with van der Waals surface area (Å²) in [6, 6.07) is 11.5. The molecule has 2 aromatic rings. The van der Waals surface area contributed by atoms with E-state index in [0.29, 0.717) is 11.3 Å². The summed E-state index contributed by atoms with van der Waals surface area (Å²) in [5, 5.41) is 24.0. The highest BCUT2D eigenvalue weighted by atomic mass is 16.6. The third-order valence-corrected chi connectivity index (χ3v) is 4.58. The van der Waals surface area contributed by atoms with Crippen molar-refractivity contribution in [2.24, 2.45) is 10.5 Å². The first kappa shape index (κ1) is 23.9. The number of nitro groups is 1. The van der Waals surface area contributed by atoms with E-state index in [9.17, 15) is 20.0 Å². The van der Waals surface area contributed by atoms with Gasteiger partial charge < -0.3 is 9.84 Å². The van der Waals surface area contributed by atoms with Crippen molar-refractivity contribution in [2.75, 3.05) is 6.61 Å². The molecule has 0 atom stereocenters. The van der Waals surface area contributed by atoms with Gasteiger partial charge in [-0.05, 0) is 47.1 Å². The molecule has 1 amide bonds. The van der Waals surface area contributed by atoms with Crippen LogP contribution in [-0.2, 0) is 10.2 Å². The number of hydrogen-bond acceptors (Lipinski definition) is 6. The number of phenolic OH excluding ortho intramolecular Hbond substituents is 1. The molecule has 0 radical (unpaired) electrons. The smallest absolute Gasteiger partial charge is 0.311 e. The van der Waals surface area contributed by atoms with Crippen molar-refractivity contribution in [2.45, 2.75) is 46.5 Å². The highest BCUT2D eigenvalue weighted by Crippen LogP contribution is 2.36. The van der Waals surface area contributed by atoms with Gasteiger partial charge in [0.05, 0.1) is 11.1 Å². The number of hydrogen-bond donors (Lipinski definition) is 2. The second kappa shape index (κ2) is 9.59. The van der Waals surface area contributed by atoms with Crippen LogP contribution < -0.4 is 10.2 Å². The lowest BCUT2D eigenvalue weighted by molar-refractivity contribution is -0.385. The van der Waals surface area contributed by atoms with Crippen LogP contribution in [0.1, 0.15) is 52.2 Å². The molecule has 0 aliphatic carbocycles. The van der Waals surface area contributed by atoms with Gasteiger partial charge in [0.15, 0.2) is 12.4 Å². The van der Waals surface area contributed by atoms with E-state index in [-0.39, 0.29) is 17.4 Å². The maximum atomic E-state index is 11.9. The van der Waals surface area contributed by atoms with Crippen molar-refractivity contribution in [3.63, 3.8) is 0 Å². The second-order valence-electron chi connectivity index (χ2n) is 9.23. The standard InChI is InChI=1S/C23H29N3O5/c1-22(2,3)15-23(4,5)17-7-9-18(10-8-17)31-14-21(28)25-24-13-16-6-11-20(27)19(12-16)26(29)30/h6-13,27H,14-15H2,1-5H3,(H,25,28)/b24-13-. The van der Waals surface area contributed by atoms with Gasteiger partial charge in [-0.2, -0.15) is 5.10 Å². The number of rotatable bonds is 8. The number of benzene rings is 2. The fourth-order valence-corrected chi connectivity index (χ4v) is 3.56. The van der Waals surface area contributed by atoms with Crippen LogP contribution in [0.25, 0.3) is 0 Å². The molecule has 0 bridgehead atoms. The van der Waals surface area contributed by atoms with Crippen molar-refractivity contribution < 1.29 is 19.6 Å². The lowest BCUT2D eigenvalue weighted by atomic mass is 9.72. The van der Waals surface area contributed by atoms with E-state index < -0.39 is 22.3 Å². The Morgan fingerprint density at radius 3 is 2.39 bits per heavy atom. The van der Waals surface area contributed by atoms with Gasteiger partial charge in [-0.25, -0.2) is 5.43 Å². The van der Waals surface area contributed by atoms with E-state index in [1.165, 1.54) is 23.9 Å². The van der Waals surface area contributed by atoms with Crippen molar-refractivity contribution in [1.82, 2.24) is 5.43 Å². The van der Waals surface area contributed by atoms with Gasteiger partial charge in [-0.1, -0.05) is 46.8 Å². The third kappa shape index (κ3) is 7.40. The molecule has 166 valence electrons. The Kier molecular flexibility index (Phi) is 7.38. The fraction of sp³-hybridized carbons (Fsp3) is 0.391. The summed E-state index contributed by atoms with van der Waals surface area (Å²) in [6.45, 7) is 10.9. The minimum atomic E-state index is -0.700. The average molecular weight is 428 g/mol. The average Bonchev–Trinajstić information content (AvgIpc) is 2.66. The third-order valence-electron chi connectivity index (χ3n) is 4.58. The van der Waals surface area contributed by atoms with Crippen LogP contribution in [0.3, 0.4) is 0 Å². The Labute approximate surface area is 182 Å². The molecule has 0 aliphatic heterocycles. The van der Waals surface area contributed by atoms with Crippen molar-refractivity contribution in [1.29, 1.82) is 0 Å². The van der Waals surface area contributed by atoms with E-state index in [1.807, 2.05) is 24.3 Å². The number of aromatic hydroxyl groups is 1. The number of nitrogens with zero attached hydrogens (tertiary/aromatic N) is 2. The van der Waals surface area contributed by atoms with Crippen LogP contribution in [-0.4, -0.2) is 28.8 Å². The van der Waals surface area contributed by atoms with Crippen LogP contribution in [0.2, 0.25) is 0 Å². The molecule has 0 saturated carbocycles. The lowest BCUT2D eigenvalue weighted by Crippen LogP contribution is -2.25. The molecule has 0 fully saturated rings. The van der Waals surface area contributed by atoms with Gasteiger partial charge >= 0.3 is 5.69 Å². The zero-order valence-corrected chi connectivity index (χ0v) is 18.5. The predicted octanol–water partition coefficient (Wildman–Crippen LogP) is 4.54. The number of carbonyl (C=O) groups is 1.